The molecule has 0 aromatic carbocycles. The zero-order chi connectivity index (χ0) is 14.2. The topological polar surface area (TPSA) is 36.9 Å². The van der Waals surface area contributed by atoms with Gasteiger partial charge in [0.05, 0.1) is 6.61 Å². The highest BCUT2D eigenvalue weighted by atomic mass is 16.5. The first-order chi connectivity index (χ1) is 9.79. The van der Waals surface area contributed by atoms with Gasteiger partial charge in [-0.3, -0.25) is 4.99 Å². The van der Waals surface area contributed by atoms with Crippen LogP contribution in [0.5, 0.6) is 0 Å². The van der Waals surface area contributed by atoms with Crippen molar-refractivity contribution in [3.63, 3.8) is 0 Å². The summed E-state index contributed by atoms with van der Waals surface area (Å²) in [4.78, 5) is 6.63. The van der Waals surface area contributed by atoms with Crippen molar-refractivity contribution >= 4 is 5.96 Å². The third kappa shape index (κ3) is 4.97. The van der Waals surface area contributed by atoms with Crippen LogP contribution in [0, 0.1) is 11.8 Å². The maximum Gasteiger partial charge on any atom is 0.193 e. The number of guanidine groups is 1. The van der Waals surface area contributed by atoms with Gasteiger partial charge in [0.15, 0.2) is 5.96 Å². The molecule has 0 amide bonds. The van der Waals surface area contributed by atoms with Gasteiger partial charge in [-0.1, -0.05) is 25.7 Å². The van der Waals surface area contributed by atoms with Crippen molar-refractivity contribution in [1.82, 2.24) is 10.2 Å². The molecule has 2 aliphatic rings. The monoisotopic (exact) mass is 281 g/mol. The Bertz CT molecular complexity index is 294. The van der Waals surface area contributed by atoms with Gasteiger partial charge in [-0.2, -0.15) is 0 Å². The first-order valence-corrected chi connectivity index (χ1v) is 8.29. The van der Waals surface area contributed by atoms with Gasteiger partial charge in [0.2, 0.25) is 0 Å². The van der Waals surface area contributed by atoms with Crippen LogP contribution in [0.15, 0.2) is 4.99 Å². The van der Waals surface area contributed by atoms with Crippen LogP contribution in [0.4, 0.5) is 0 Å². The summed E-state index contributed by atoms with van der Waals surface area (Å²) < 4.78 is 5.44. The molecule has 2 rings (SSSR count). The Balaban J connectivity index is 1.60. The van der Waals surface area contributed by atoms with Crippen LogP contribution in [-0.4, -0.2) is 51.3 Å². The second-order valence-electron chi connectivity index (χ2n) is 6.38. The van der Waals surface area contributed by atoms with E-state index in [9.17, 15) is 0 Å². The molecule has 1 atom stereocenters. The summed E-state index contributed by atoms with van der Waals surface area (Å²) in [6.07, 6.45) is 9.64. The molecule has 4 nitrogen and oxygen atoms in total. The lowest BCUT2D eigenvalue weighted by Gasteiger charge is -2.24. The predicted molar refractivity (Wildman–Crippen MR) is 84.1 cm³/mol. The number of nitrogens with one attached hydrogen (secondary N) is 1. The molecule has 0 aromatic rings. The molecule has 1 aliphatic carbocycles. The smallest absolute Gasteiger partial charge is 0.193 e. The summed E-state index contributed by atoms with van der Waals surface area (Å²) in [5.74, 6) is 2.69. The molecule has 0 bridgehead atoms. The van der Waals surface area contributed by atoms with E-state index in [-0.39, 0.29) is 0 Å². The van der Waals surface area contributed by atoms with Crippen LogP contribution < -0.4 is 5.32 Å². The van der Waals surface area contributed by atoms with E-state index < -0.39 is 0 Å². The molecular formula is C16H31N3O. The molecule has 4 heteroatoms. The Kier molecular flexibility index (Phi) is 6.64. The van der Waals surface area contributed by atoms with Crippen molar-refractivity contribution in [1.29, 1.82) is 0 Å². The quantitative estimate of drug-likeness (QED) is 0.462. The van der Waals surface area contributed by atoms with Crippen LogP contribution in [0.25, 0.3) is 0 Å². The zero-order valence-corrected chi connectivity index (χ0v) is 13.2. The fraction of sp³-hybridized carbons (Fsp3) is 0.938. The maximum atomic E-state index is 5.44. The number of rotatable bonds is 6. The number of aliphatic imine (C=N–C) groups is 1. The van der Waals surface area contributed by atoms with Crippen LogP contribution in [0.2, 0.25) is 0 Å². The standard InChI is InChI=1S/C16H31N3O/c1-17-16(19(2)12-15-9-11-20-13-15)18-10-5-8-14-6-3-4-7-14/h14-15H,3-13H2,1-2H3,(H,17,18). The Morgan fingerprint density at radius 2 is 2.05 bits per heavy atom. The molecule has 0 aromatic heterocycles. The molecule has 1 unspecified atom stereocenters. The summed E-state index contributed by atoms with van der Waals surface area (Å²) >= 11 is 0. The molecule has 2 fully saturated rings. The Morgan fingerprint density at radius 1 is 1.25 bits per heavy atom. The molecule has 1 N–H and O–H groups in total. The summed E-state index contributed by atoms with van der Waals surface area (Å²) in [7, 11) is 4.01. The summed E-state index contributed by atoms with van der Waals surface area (Å²) in [6.45, 7) is 3.92. The maximum absolute atomic E-state index is 5.44. The average molecular weight is 281 g/mol. The highest BCUT2D eigenvalue weighted by Gasteiger charge is 2.19. The van der Waals surface area contributed by atoms with E-state index in [1.807, 2.05) is 7.05 Å². The highest BCUT2D eigenvalue weighted by Crippen LogP contribution is 2.28. The summed E-state index contributed by atoms with van der Waals surface area (Å²) in [5, 5.41) is 3.50. The molecule has 116 valence electrons. The SMILES string of the molecule is CN=C(NCCCC1CCCC1)N(C)CC1CCOC1. The van der Waals surface area contributed by atoms with Crippen molar-refractivity contribution < 1.29 is 4.74 Å². The number of nitrogens with zero attached hydrogens (tertiary/aromatic N) is 2. The summed E-state index contributed by atoms with van der Waals surface area (Å²) in [5.41, 5.74) is 0. The van der Waals surface area contributed by atoms with E-state index in [1.165, 1.54) is 44.9 Å². The minimum atomic E-state index is 0.664. The minimum absolute atomic E-state index is 0.664. The fourth-order valence-corrected chi connectivity index (χ4v) is 3.48. The molecule has 20 heavy (non-hydrogen) atoms. The fourth-order valence-electron chi connectivity index (χ4n) is 3.48. The first-order valence-electron chi connectivity index (χ1n) is 8.29. The Labute approximate surface area is 124 Å². The van der Waals surface area contributed by atoms with E-state index in [2.05, 4.69) is 22.3 Å². The molecule has 0 radical (unpaired) electrons. The average Bonchev–Trinajstić information content (AvgIpc) is 3.11. The molecule has 1 saturated carbocycles. The van der Waals surface area contributed by atoms with E-state index in [4.69, 9.17) is 4.74 Å². The van der Waals surface area contributed by atoms with Gasteiger partial charge in [0.25, 0.3) is 0 Å². The Morgan fingerprint density at radius 3 is 2.70 bits per heavy atom. The van der Waals surface area contributed by atoms with Crippen LogP contribution in [0.3, 0.4) is 0 Å². The van der Waals surface area contributed by atoms with E-state index in [1.54, 1.807) is 0 Å². The van der Waals surface area contributed by atoms with Crippen molar-refractivity contribution in [3.05, 3.63) is 0 Å². The van der Waals surface area contributed by atoms with Gasteiger partial charge in [-0.25, -0.2) is 0 Å². The molecule has 0 spiro atoms. The van der Waals surface area contributed by atoms with Crippen molar-refractivity contribution in [2.45, 2.75) is 44.9 Å². The van der Waals surface area contributed by atoms with Crippen LogP contribution >= 0.6 is 0 Å². The van der Waals surface area contributed by atoms with Gasteiger partial charge in [0, 0.05) is 39.7 Å². The number of ether oxygens (including phenoxy) is 1. The normalized spacial score (nSPS) is 24.3. The number of hydrogen-bond acceptors (Lipinski definition) is 2. The third-order valence-electron chi connectivity index (χ3n) is 4.68. The molecule has 1 aliphatic heterocycles. The van der Waals surface area contributed by atoms with Gasteiger partial charge in [-0.05, 0) is 25.2 Å². The van der Waals surface area contributed by atoms with Gasteiger partial charge < -0.3 is 15.0 Å². The van der Waals surface area contributed by atoms with E-state index in [0.717, 1.165) is 38.2 Å². The zero-order valence-electron chi connectivity index (χ0n) is 13.2. The second kappa shape index (κ2) is 8.50. The lowest BCUT2D eigenvalue weighted by Crippen LogP contribution is -2.41. The van der Waals surface area contributed by atoms with Crippen LogP contribution in [-0.2, 0) is 4.74 Å². The van der Waals surface area contributed by atoms with Gasteiger partial charge in [-0.15, -0.1) is 0 Å². The van der Waals surface area contributed by atoms with Crippen molar-refractivity contribution in [2.24, 2.45) is 16.8 Å². The first kappa shape index (κ1) is 15.6. The highest BCUT2D eigenvalue weighted by molar-refractivity contribution is 5.79. The molecule has 1 heterocycles. The Hall–Kier alpha value is -0.770. The van der Waals surface area contributed by atoms with E-state index in [0.29, 0.717) is 5.92 Å². The third-order valence-corrected chi connectivity index (χ3v) is 4.68. The van der Waals surface area contributed by atoms with Gasteiger partial charge in [0.1, 0.15) is 0 Å². The summed E-state index contributed by atoms with van der Waals surface area (Å²) in [6, 6.07) is 0. The minimum Gasteiger partial charge on any atom is -0.381 e. The molecule has 1 saturated heterocycles. The van der Waals surface area contributed by atoms with Crippen LogP contribution in [0.1, 0.15) is 44.9 Å². The predicted octanol–water partition coefficient (Wildman–Crippen LogP) is 2.50. The second-order valence-corrected chi connectivity index (χ2v) is 6.38. The lowest BCUT2D eigenvalue weighted by atomic mass is 10.0. The molecular weight excluding hydrogens is 250 g/mol. The van der Waals surface area contributed by atoms with Crippen molar-refractivity contribution in [3.8, 4) is 0 Å². The number of hydrogen-bond donors (Lipinski definition) is 1. The van der Waals surface area contributed by atoms with E-state index >= 15 is 0 Å². The largest absolute Gasteiger partial charge is 0.381 e. The lowest BCUT2D eigenvalue weighted by molar-refractivity contribution is 0.181. The van der Waals surface area contributed by atoms with Gasteiger partial charge >= 0.3 is 0 Å². The van der Waals surface area contributed by atoms with Crippen molar-refractivity contribution in [2.75, 3.05) is 40.4 Å².